The highest BCUT2D eigenvalue weighted by Crippen LogP contribution is 2.24. The number of nitrogens with two attached hydrogens (primary N) is 1. The van der Waals surface area contributed by atoms with Gasteiger partial charge in [-0.05, 0) is 43.0 Å². The number of nitrogens with zero attached hydrogens (tertiary/aromatic N) is 1. The fourth-order valence-electron chi connectivity index (χ4n) is 2.21. The fraction of sp³-hybridized carbons (Fsp3) is 0.462. The van der Waals surface area contributed by atoms with Crippen molar-refractivity contribution < 1.29 is 0 Å². The lowest BCUT2D eigenvalue weighted by molar-refractivity contribution is 0.877. The zero-order valence-corrected chi connectivity index (χ0v) is 11.4. The van der Waals surface area contributed by atoms with Gasteiger partial charge in [-0.1, -0.05) is 12.1 Å². The van der Waals surface area contributed by atoms with Gasteiger partial charge in [-0.3, -0.25) is 4.99 Å². The van der Waals surface area contributed by atoms with Crippen molar-refractivity contribution in [2.24, 2.45) is 10.7 Å². The molecule has 0 fully saturated rings. The van der Waals surface area contributed by atoms with Crippen LogP contribution in [0.25, 0.3) is 0 Å². The van der Waals surface area contributed by atoms with Gasteiger partial charge in [0.2, 0.25) is 0 Å². The van der Waals surface area contributed by atoms with Crippen molar-refractivity contribution in [2.75, 3.05) is 13.1 Å². The van der Waals surface area contributed by atoms with Gasteiger partial charge in [0.05, 0.1) is 12.6 Å². The normalized spacial score (nSPS) is 15.9. The summed E-state index contributed by atoms with van der Waals surface area (Å²) in [7, 11) is 0. The highest BCUT2D eigenvalue weighted by atomic mass is 35.5. The van der Waals surface area contributed by atoms with Gasteiger partial charge >= 0.3 is 0 Å². The third kappa shape index (κ3) is 2.61. The van der Waals surface area contributed by atoms with Gasteiger partial charge in [-0.25, -0.2) is 0 Å². The molecule has 17 heavy (non-hydrogen) atoms. The van der Waals surface area contributed by atoms with E-state index in [2.05, 4.69) is 43.2 Å². The number of benzene rings is 1. The van der Waals surface area contributed by atoms with Crippen molar-refractivity contribution in [1.29, 1.82) is 0 Å². The first-order valence-electron chi connectivity index (χ1n) is 5.71. The van der Waals surface area contributed by atoms with E-state index in [-0.39, 0.29) is 18.4 Å². The van der Waals surface area contributed by atoms with Crippen LogP contribution in [0.2, 0.25) is 0 Å². The molecule has 1 aliphatic heterocycles. The Bertz CT molecular complexity index is 441. The molecule has 0 spiro atoms. The molecule has 4 heteroatoms. The molecule has 3 N–H and O–H groups in total. The first-order valence-corrected chi connectivity index (χ1v) is 5.71. The molecule has 0 aliphatic carbocycles. The SMILES string of the molecule is Cc1ccc(C)c(C(N)C2=NCCN2)c1C.Cl. The van der Waals surface area contributed by atoms with E-state index in [0.29, 0.717) is 0 Å². The van der Waals surface area contributed by atoms with E-state index >= 15 is 0 Å². The second kappa shape index (κ2) is 5.52. The lowest BCUT2D eigenvalue weighted by atomic mass is 9.93. The van der Waals surface area contributed by atoms with Crippen LogP contribution < -0.4 is 11.1 Å². The predicted molar refractivity (Wildman–Crippen MR) is 75.1 cm³/mol. The summed E-state index contributed by atoms with van der Waals surface area (Å²) in [5.74, 6) is 0.928. The van der Waals surface area contributed by atoms with Crippen molar-refractivity contribution in [1.82, 2.24) is 5.32 Å². The minimum Gasteiger partial charge on any atom is -0.370 e. The second-order valence-electron chi connectivity index (χ2n) is 4.41. The molecule has 2 rings (SSSR count). The lowest BCUT2D eigenvalue weighted by Gasteiger charge is -2.19. The van der Waals surface area contributed by atoms with Crippen LogP contribution in [0.5, 0.6) is 0 Å². The van der Waals surface area contributed by atoms with Crippen LogP contribution in [0.15, 0.2) is 17.1 Å². The maximum absolute atomic E-state index is 6.28. The Morgan fingerprint density at radius 3 is 2.47 bits per heavy atom. The van der Waals surface area contributed by atoms with Crippen LogP contribution in [0.4, 0.5) is 0 Å². The number of aryl methyl sites for hydroxylation is 2. The Hall–Kier alpha value is -1.06. The number of hydrogen-bond acceptors (Lipinski definition) is 3. The third-order valence-electron chi connectivity index (χ3n) is 3.31. The van der Waals surface area contributed by atoms with Crippen molar-refractivity contribution >= 4 is 18.2 Å². The summed E-state index contributed by atoms with van der Waals surface area (Å²) in [6, 6.07) is 4.17. The molecule has 0 saturated heterocycles. The van der Waals surface area contributed by atoms with Gasteiger partial charge in [0.25, 0.3) is 0 Å². The summed E-state index contributed by atoms with van der Waals surface area (Å²) in [6.07, 6.45) is 0. The molecule has 1 aliphatic rings. The molecular weight excluding hydrogens is 234 g/mol. The zero-order valence-electron chi connectivity index (χ0n) is 10.6. The summed E-state index contributed by atoms with van der Waals surface area (Å²) in [4.78, 5) is 4.40. The lowest BCUT2D eigenvalue weighted by Crippen LogP contribution is -2.32. The highest BCUT2D eigenvalue weighted by molar-refractivity contribution is 5.90. The summed E-state index contributed by atoms with van der Waals surface area (Å²) in [5, 5.41) is 3.25. The molecule has 0 radical (unpaired) electrons. The monoisotopic (exact) mass is 253 g/mol. The summed E-state index contributed by atoms with van der Waals surface area (Å²) in [5.41, 5.74) is 11.3. The highest BCUT2D eigenvalue weighted by Gasteiger charge is 2.20. The first kappa shape index (κ1) is 14.0. The average Bonchev–Trinajstić information content (AvgIpc) is 2.77. The molecule has 94 valence electrons. The van der Waals surface area contributed by atoms with Crippen LogP contribution >= 0.6 is 12.4 Å². The van der Waals surface area contributed by atoms with Crippen LogP contribution in [0.3, 0.4) is 0 Å². The molecular formula is C13H20ClN3. The summed E-state index contributed by atoms with van der Waals surface area (Å²) < 4.78 is 0. The van der Waals surface area contributed by atoms with E-state index in [9.17, 15) is 0 Å². The largest absolute Gasteiger partial charge is 0.370 e. The van der Waals surface area contributed by atoms with E-state index in [1.165, 1.54) is 22.3 Å². The molecule has 0 bridgehead atoms. The Morgan fingerprint density at radius 1 is 1.24 bits per heavy atom. The standard InChI is InChI=1S/C13H19N3.ClH/c1-8-4-5-9(2)11(10(8)3)12(14)13-15-6-7-16-13;/h4-5,12H,6-7,14H2,1-3H3,(H,15,16);1H. The maximum atomic E-state index is 6.28. The van der Waals surface area contributed by atoms with Gasteiger partial charge < -0.3 is 11.1 Å². The van der Waals surface area contributed by atoms with Gasteiger partial charge in [-0.2, -0.15) is 0 Å². The Labute approximate surface area is 109 Å². The molecule has 1 aromatic carbocycles. The topological polar surface area (TPSA) is 50.4 Å². The molecule has 0 aromatic heterocycles. The van der Waals surface area contributed by atoms with Gasteiger partial charge in [-0.15, -0.1) is 12.4 Å². The van der Waals surface area contributed by atoms with Gasteiger partial charge in [0.1, 0.15) is 5.84 Å². The Kier molecular flexibility index (Phi) is 4.54. The Morgan fingerprint density at radius 2 is 1.88 bits per heavy atom. The van der Waals surface area contributed by atoms with Crippen molar-refractivity contribution in [3.63, 3.8) is 0 Å². The molecule has 0 amide bonds. The van der Waals surface area contributed by atoms with E-state index in [1.54, 1.807) is 0 Å². The number of rotatable bonds is 2. The van der Waals surface area contributed by atoms with E-state index in [1.807, 2.05) is 0 Å². The number of nitrogens with one attached hydrogen (secondary N) is 1. The number of aliphatic imine (C=N–C) groups is 1. The number of hydrogen-bond donors (Lipinski definition) is 2. The van der Waals surface area contributed by atoms with Crippen molar-refractivity contribution in [3.8, 4) is 0 Å². The van der Waals surface area contributed by atoms with E-state index in [4.69, 9.17) is 5.73 Å². The van der Waals surface area contributed by atoms with Gasteiger partial charge in [0, 0.05) is 6.54 Å². The maximum Gasteiger partial charge on any atom is 0.118 e. The minimum absolute atomic E-state index is 0. The third-order valence-corrected chi connectivity index (χ3v) is 3.31. The Balaban J connectivity index is 0.00000144. The quantitative estimate of drug-likeness (QED) is 0.848. The van der Waals surface area contributed by atoms with Crippen LogP contribution in [-0.4, -0.2) is 18.9 Å². The first-order chi connectivity index (χ1) is 7.61. The van der Waals surface area contributed by atoms with Crippen molar-refractivity contribution in [3.05, 3.63) is 34.4 Å². The summed E-state index contributed by atoms with van der Waals surface area (Å²) in [6.45, 7) is 8.11. The molecule has 3 nitrogen and oxygen atoms in total. The second-order valence-corrected chi connectivity index (χ2v) is 4.41. The van der Waals surface area contributed by atoms with Crippen LogP contribution in [0.1, 0.15) is 28.3 Å². The van der Waals surface area contributed by atoms with Crippen molar-refractivity contribution in [2.45, 2.75) is 26.8 Å². The average molecular weight is 254 g/mol. The number of amidine groups is 1. The van der Waals surface area contributed by atoms with E-state index in [0.717, 1.165) is 18.9 Å². The number of halogens is 1. The molecule has 1 heterocycles. The fourth-order valence-corrected chi connectivity index (χ4v) is 2.21. The minimum atomic E-state index is -0.109. The molecule has 1 unspecified atom stereocenters. The van der Waals surface area contributed by atoms with Crippen LogP contribution in [-0.2, 0) is 0 Å². The summed E-state index contributed by atoms with van der Waals surface area (Å²) >= 11 is 0. The molecule has 1 atom stereocenters. The smallest absolute Gasteiger partial charge is 0.118 e. The van der Waals surface area contributed by atoms with E-state index < -0.39 is 0 Å². The zero-order chi connectivity index (χ0) is 11.7. The van der Waals surface area contributed by atoms with Gasteiger partial charge in [0.15, 0.2) is 0 Å². The predicted octanol–water partition coefficient (Wildman–Crippen LogP) is 2.04. The van der Waals surface area contributed by atoms with Crippen LogP contribution in [0, 0.1) is 20.8 Å². The molecule has 1 aromatic rings. The molecule has 0 saturated carbocycles.